The highest BCUT2D eigenvalue weighted by atomic mass is 32.1. The van der Waals surface area contributed by atoms with E-state index in [1.165, 1.54) is 17.4 Å². The minimum absolute atomic E-state index is 0.0291. The highest BCUT2D eigenvalue weighted by Gasteiger charge is 2.10. The van der Waals surface area contributed by atoms with Gasteiger partial charge in [-0.15, -0.1) is 0 Å². The van der Waals surface area contributed by atoms with Gasteiger partial charge in [-0.1, -0.05) is 41.7 Å². The van der Waals surface area contributed by atoms with E-state index in [1.807, 2.05) is 24.3 Å². The minimum Gasteiger partial charge on any atom is -0.267 e. The van der Waals surface area contributed by atoms with Crippen molar-refractivity contribution in [1.29, 1.82) is 0 Å². The Morgan fingerprint density at radius 1 is 1.12 bits per heavy atom. The molecule has 0 aliphatic heterocycles. The normalized spacial score (nSPS) is 12.6. The Kier molecular flexibility index (Phi) is 3.62. The molecule has 0 amide bonds. The van der Waals surface area contributed by atoms with E-state index < -0.39 is 4.92 Å². The third-order valence-electron chi connectivity index (χ3n) is 3.80. The van der Waals surface area contributed by atoms with Crippen LogP contribution in [0.25, 0.3) is 28.1 Å². The molecule has 0 fully saturated rings. The fraction of sp³-hybridized carbons (Fsp3) is 0. The van der Waals surface area contributed by atoms with Crippen molar-refractivity contribution in [3.63, 3.8) is 0 Å². The highest BCUT2D eigenvalue weighted by molar-refractivity contribution is 7.15. The Hall–Kier alpha value is -3.32. The van der Waals surface area contributed by atoms with Crippen molar-refractivity contribution in [3.8, 4) is 0 Å². The van der Waals surface area contributed by atoms with E-state index in [-0.39, 0.29) is 11.2 Å². The highest BCUT2D eigenvalue weighted by Crippen LogP contribution is 2.19. The van der Waals surface area contributed by atoms with Crippen molar-refractivity contribution in [1.82, 2.24) is 9.38 Å². The first-order valence-electron chi connectivity index (χ1n) is 7.47. The molecule has 122 valence electrons. The Morgan fingerprint density at radius 2 is 1.88 bits per heavy atom. The number of aromatic nitrogens is 2. The number of rotatable bonds is 3. The molecule has 6 nitrogen and oxygen atoms in total. The van der Waals surface area contributed by atoms with Crippen LogP contribution >= 0.6 is 11.3 Å². The Morgan fingerprint density at radius 3 is 2.72 bits per heavy atom. The van der Waals surface area contributed by atoms with E-state index in [9.17, 15) is 14.9 Å². The predicted molar refractivity (Wildman–Crippen MR) is 98.7 cm³/mol. The number of allylic oxidation sites excluding steroid dienone is 1. The lowest BCUT2D eigenvalue weighted by Crippen LogP contribution is -2.22. The lowest BCUT2D eigenvalue weighted by Gasteiger charge is -1.94. The van der Waals surface area contributed by atoms with E-state index >= 15 is 0 Å². The molecule has 25 heavy (non-hydrogen) atoms. The molecule has 0 saturated carbocycles. The average Bonchev–Trinajstić information content (AvgIpc) is 3.12. The largest absolute Gasteiger partial charge is 0.276 e. The predicted octanol–water partition coefficient (Wildman–Crippen LogP) is 3.03. The lowest BCUT2D eigenvalue weighted by atomic mass is 10.1. The molecule has 0 spiro atoms. The van der Waals surface area contributed by atoms with Crippen LogP contribution in [0.4, 0.5) is 5.69 Å². The summed E-state index contributed by atoms with van der Waals surface area (Å²) < 4.78 is 2.12. The van der Waals surface area contributed by atoms with Gasteiger partial charge in [0, 0.05) is 6.07 Å². The number of para-hydroxylation sites is 3. The maximum Gasteiger partial charge on any atom is 0.276 e. The summed E-state index contributed by atoms with van der Waals surface area (Å²) in [5.74, 6) is 0. The molecule has 4 aromatic rings. The second-order valence-electron chi connectivity index (χ2n) is 5.33. The standard InChI is InChI=1S/C18H11N3O3S/c22-17-16(11-5-7-12-6-1-3-9-14(12)21(23)24)25-18-19-13-8-2-4-10-15(13)20(17)18/h1-11H/b7-5+,16-11-. The molecule has 2 heterocycles. The van der Waals surface area contributed by atoms with E-state index in [0.29, 0.717) is 15.1 Å². The van der Waals surface area contributed by atoms with Crippen LogP contribution in [0, 0.1) is 10.1 Å². The number of benzene rings is 2. The van der Waals surface area contributed by atoms with Crippen LogP contribution in [0.1, 0.15) is 5.56 Å². The number of fused-ring (bicyclic) bond motifs is 3. The number of nitro benzene ring substituents is 1. The maximum absolute atomic E-state index is 12.6. The number of thiazole rings is 1. The summed E-state index contributed by atoms with van der Waals surface area (Å²) in [5.41, 5.74) is 1.94. The van der Waals surface area contributed by atoms with Crippen LogP contribution < -0.4 is 10.1 Å². The van der Waals surface area contributed by atoms with Gasteiger partial charge in [0.25, 0.3) is 11.2 Å². The van der Waals surface area contributed by atoms with Crippen molar-refractivity contribution in [2.24, 2.45) is 0 Å². The molecule has 0 saturated heterocycles. The van der Waals surface area contributed by atoms with Gasteiger partial charge in [0.15, 0.2) is 4.96 Å². The SMILES string of the molecule is O=c1/c(=C/C=C/c2ccccc2[N+](=O)[O-])sc2nc3ccccc3n12. The van der Waals surface area contributed by atoms with Crippen LogP contribution in [0.3, 0.4) is 0 Å². The molecule has 0 N–H and O–H groups in total. The summed E-state index contributed by atoms with van der Waals surface area (Å²) in [6.07, 6.45) is 4.93. The monoisotopic (exact) mass is 349 g/mol. The molecule has 0 unspecified atom stereocenters. The van der Waals surface area contributed by atoms with Crippen LogP contribution in [0.15, 0.2) is 59.4 Å². The molecule has 0 aliphatic carbocycles. The zero-order valence-electron chi connectivity index (χ0n) is 12.8. The van der Waals surface area contributed by atoms with Gasteiger partial charge in [-0.2, -0.15) is 0 Å². The van der Waals surface area contributed by atoms with E-state index in [2.05, 4.69) is 4.98 Å². The Labute approximate surface area is 145 Å². The molecule has 7 heteroatoms. The molecule has 0 radical (unpaired) electrons. The summed E-state index contributed by atoms with van der Waals surface area (Å²) in [5, 5.41) is 11.0. The van der Waals surface area contributed by atoms with Gasteiger partial charge in [0.1, 0.15) is 0 Å². The number of hydrogen-bond acceptors (Lipinski definition) is 5. The second kappa shape index (κ2) is 5.95. The van der Waals surface area contributed by atoms with Crippen molar-refractivity contribution >= 4 is 45.2 Å². The van der Waals surface area contributed by atoms with E-state index in [1.54, 1.807) is 40.8 Å². The smallest absolute Gasteiger partial charge is 0.267 e. The molecule has 2 aromatic carbocycles. The summed E-state index contributed by atoms with van der Waals surface area (Å²) in [4.78, 5) is 28.3. The Bertz CT molecular complexity index is 1250. The van der Waals surface area contributed by atoms with Gasteiger partial charge in [0.05, 0.1) is 26.1 Å². The van der Waals surface area contributed by atoms with Crippen molar-refractivity contribution in [2.45, 2.75) is 0 Å². The van der Waals surface area contributed by atoms with Crippen molar-refractivity contribution in [3.05, 3.63) is 85.2 Å². The first-order chi connectivity index (χ1) is 12.1. The van der Waals surface area contributed by atoms with Crippen LogP contribution in [-0.4, -0.2) is 14.3 Å². The molecule has 2 aromatic heterocycles. The summed E-state index contributed by atoms with van der Waals surface area (Å²) in [6, 6.07) is 13.9. The van der Waals surface area contributed by atoms with Gasteiger partial charge in [-0.3, -0.25) is 14.9 Å². The van der Waals surface area contributed by atoms with Gasteiger partial charge in [0.2, 0.25) is 0 Å². The summed E-state index contributed by atoms with van der Waals surface area (Å²) >= 11 is 1.29. The molecule has 0 atom stereocenters. The zero-order valence-corrected chi connectivity index (χ0v) is 13.6. The summed E-state index contributed by atoms with van der Waals surface area (Å²) in [6.45, 7) is 0. The van der Waals surface area contributed by atoms with Gasteiger partial charge < -0.3 is 0 Å². The third kappa shape index (κ3) is 2.60. The fourth-order valence-electron chi connectivity index (χ4n) is 2.66. The lowest BCUT2D eigenvalue weighted by molar-refractivity contribution is -0.385. The van der Waals surface area contributed by atoms with E-state index in [4.69, 9.17) is 0 Å². The summed E-state index contributed by atoms with van der Waals surface area (Å²) in [7, 11) is 0. The van der Waals surface area contributed by atoms with Crippen molar-refractivity contribution in [2.75, 3.05) is 0 Å². The van der Waals surface area contributed by atoms with Gasteiger partial charge in [-0.25, -0.2) is 9.38 Å². The molecule has 0 aliphatic rings. The van der Waals surface area contributed by atoms with Crippen molar-refractivity contribution < 1.29 is 4.92 Å². The number of nitrogens with zero attached hydrogens (tertiary/aromatic N) is 3. The molecule has 4 rings (SSSR count). The topological polar surface area (TPSA) is 77.5 Å². The quantitative estimate of drug-likeness (QED) is 0.421. The maximum atomic E-state index is 12.6. The number of nitro groups is 1. The molecular formula is C18H11N3O3S. The first kappa shape index (κ1) is 15.2. The van der Waals surface area contributed by atoms with Crippen LogP contribution in [0.5, 0.6) is 0 Å². The second-order valence-corrected chi connectivity index (χ2v) is 6.34. The van der Waals surface area contributed by atoms with Crippen LogP contribution in [-0.2, 0) is 0 Å². The zero-order chi connectivity index (χ0) is 17.4. The molecule has 0 bridgehead atoms. The van der Waals surface area contributed by atoms with Gasteiger partial charge >= 0.3 is 0 Å². The average molecular weight is 349 g/mol. The Balaban J connectivity index is 1.79. The number of imidazole rings is 1. The number of hydrogen-bond donors (Lipinski definition) is 0. The first-order valence-corrected chi connectivity index (χ1v) is 8.28. The minimum atomic E-state index is -0.427. The molecular weight excluding hydrogens is 338 g/mol. The van der Waals surface area contributed by atoms with E-state index in [0.717, 1.165) is 11.0 Å². The fourth-order valence-corrected chi connectivity index (χ4v) is 3.60. The third-order valence-corrected chi connectivity index (χ3v) is 4.79. The van der Waals surface area contributed by atoms with Gasteiger partial charge in [-0.05, 0) is 30.4 Å². The van der Waals surface area contributed by atoms with Crippen LogP contribution in [0.2, 0.25) is 0 Å².